The largest absolute Gasteiger partial charge is 0.367 e. The number of aromatic nitrogens is 5. The van der Waals surface area contributed by atoms with Crippen LogP contribution in [0.25, 0.3) is 0 Å². The van der Waals surface area contributed by atoms with E-state index in [4.69, 9.17) is 33.2 Å². The van der Waals surface area contributed by atoms with Gasteiger partial charge in [0, 0.05) is 54.4 Å². The average molecular weight is 597 g/mol. The van der Waals surface area contributed by atoms with Crippen LogP contribution in [0.2, 0.25) is 10.0 Å². The van der Waals surface area contributed by atoms with Crippen molar-refractivity contribution in [2.45, 2.75) is 29.8 Å². The van der Waals surface area contributed by atoms with Gasteiger partial charge in [-0.15, -0.1) is 0 Å². The lowest BCUT2D eigenvalue weighted by Gasteiger charge is -2.36. The summed E-state index contributed by atoms with van der Waals surface area (Å²) in [5, 5.41) is 15.0. The van der Waals surface area contributed by atoms with Crippen LogP contribution >= 0.6 is 35.0 Å². The summed E-state index contributed by atoms with van der Waals surface area (Å²) in [7, 11) is 0. The van der Waals surface area contributed by atoms with Crippen molar-refractivity contribution in [2.24, 2.45) is 5.92 Å². The summed E-state index contributed by atoms with van der Waals surface area (Å²) in [5.74, 6) is 1.86. The molecule has 4 aromatic rings. The van der Waals surface area contributed by atoms with Crippen LogP contribution in [-0.4, -0.2) is 57.2 Å². The molecule has 0 unspecified atom stereocenters. The highest BCUT2D eigenvalue weighted by atomic mass is 35.5. The lowest BCUT2D eigenvalue weighted by Crippen LogP contribution is -2.47. The van der Waals surface area contributed by atoms with Gasteiger partial charge in [0.25, 0.3) is 0 Å². The van der Waals surface area contributed by atoms with E-state index < -0.39 is 0 Å². The number of carbonyl (C=O) groups is 1. The molecule has 6 rings (SSSR count). The van der Waals surface area contributed by atoms with Crippen LogP contribution in [0.5, 0.6) is 0 Å². The predicted octanol–water partition coefficient (Wildman–Crippen LogP) is 5.78. The summed E-state index contributed by atoms with van der Waals surface area (Å²) < 4.78 is 0. The zero-order valence-electron chi connectivity index (χ0n) is 21.7. The smallest absolute Gasteiger partial charge is 0.234 e. The third-order valence-corrected chi connectivity index (χ3v) is 8.34. The first-order chi connectivity index (χ1) is 19.4. The molecule has 2 aromatic carbocycles. The number of benzene rings is 2. The number of H-pyrrole nitrogens is 1. The number of piperazine rings is 1. The molecule has 13 heteroatoms. The van der Waals surface area contributed by atoms with Crippen molar-refractivity contribution < 1.29 is 4.79 Å². The van der Waals surface area contributed by atoms with Crippen LogP contribution in [0, 0.1) is 12.8 Å². The monoisotopic (exact) mass is 595 g/mol. The summed E-state index contributed by atoms with van der Waals surface area (Å²) in [6, 6.07) is 15.3. The number of aryl methyl sites for hydroxylation is 1. The Balaban J connectivity index is 1.20. The number of halogens is 2. The number of nitrogens with one attached hydrogen (secondary N) is 3. The maximum atomic E-state index is 12.1. The quantitative estimate of drug-likeness (QED) is 0.233. The topological polar surface area (TPSA) is 115 Å². The van der Waals surface area contributed by atoms with Gasteiger partial charge in [-0.1, -0.05) is 29.3 Å². The first kappa shape index (κ1) is 26.7. The van der Waals surface area contributed by atoms with E-state index in [1.54, 1.807) is 6.07 Å². The molecule has 206 valence electrons. The summed E-state index contributed by atoms with van der Waals surface area (Å²) in [6.07, 6.45) is 1.94. The van der Waals surface area contributed by atoms with Crippen LogP contribution < -0.4 is 20.4 Å². The van der Waals surface area contributed by atoms with Gasteiger partial charge in [0.2, 0.25) is 17.8 Å². The van der Waals surface area contributed by atoms with Crippen molar-refractivity contribution in [3.63, 3.8) is 0 Å². The number of carbonyl (C=O) groups excluding carboxylic acids is 1. The highest BCUT2D eigenvalue weighted by molar-refractivity contribution is 7.99. The third kappa shape index (κ3) is 6.27. The van der Waals surface area contributed by atoms with Gasteiger partial charge < -0.3 is 20.4 Å². The van der Waals surface area contributed by atoms with E-state index in [-0.39, 0.29) is 11.8 Å². The Hall–Kier alpha value is -3.54. The fourth-order valence-electron chi connectivity index (χ4n) is 4.37. The van der Waals surface area contributed by atoms with Crippen LogP contribution in [0.1, 0.15) is 18.5 Å². The first-order valence-corrected chi connectivity index (χ1v) is 14.6. The molecular weight excluding hydrogens is 569 g/mol. The van der Waals surface area contributed by atoms with E-state index >= 15 is 0 Å². The standard InChI is InChI=1S/C27H27Cl2N9OS/c1-16-15-22(36-35-16)31-25-32-26(38-13-11-37(12-14-38)21-4-2-3-20(28)23(21)29)34-27(33-25)40-19-9-7-18(8-10-19)30-24(39)17-5-6-17/h2-4,7-10,15,17H,5-6,11-14H2,1H3,(H,30,39)(H2,31,32,33,34,35,36). The van der Waals surface area contributed by atoms with Crippen molar-refractivity contribution in [1.29, 1.82) is 0 Å². The summed E-state index contributed by atoms with van der Waals surface area (Å²) in [4.78, 5) is 31.5. The Morgan fingerprint density at radius 3 is 2.45 bits per heavy atom. The van der Waals surface area contributed by atoms with Gasteiger partial charge in [0.15, 0.2) is 11.0 Å². The molecule has 0 atom stereocenters. The maximum absolute atomic E-state index is 12.1. The highest BCUT2D eigenvalue weighted by Crippen LogP contribution is 2.34. The lowest BCUT2D eigenvalue weighted by molar-refractivity contribution is -0.117. The first-order valence-electron chi connectivity index (χ1n) is 13.0. The van der Waals surface area contributed by atoms with E-state index in [9.17, 15) is 4.79 Å². The average Bonchev–Trinajstić information content (AvgIpc) is 3.73. The Kier molecular flexibility index (Phi) is 7.68. The molecule has 10 nitrogen and oxygen atoms in total. The Morgan fingerprint density at radius 2 is 1.75 bits per heavy atom. The van der Waals surface area contributed by atoms with Gasteiger partial charge in [-0.3, -0.25) is 9.89 Å². The number of rotatable bonds is 8. The zero-order chi connectivity index (χ0) is 27.6. The Labute approximate surface area is 245 Å². The van der Waals surface area contributed by atoms with Crippen LogP contribution in [0.4, 0.5) is 29.1 Å². The summed E-state index contributed by atoms with van der Waals surface area (Å²) >= 11 is 14.1. The number of aromatic amines is 1. The van der Waals surface area contributed by atoms with Gasteiger partial charge in [0.1, 0.15) is 0 Å². The van der Waals surface area contributed by atoms with Crippen LogP contribution in [0.15, 0.2) is 58.6 Å². The molecule has 1 aliphatic carbocycles. The molecule has 1 saturated carbocycles. The second-order valence-corrected chi connectivity index (χ2v) is 11.6. The fourth-order valence-corrected chi connectivity index (χ4v) is 5.53. The summed E-state index contributed by atoms with van der Waals surface area (Å²) in [6.45, 7) is 4.81. The minimum atomic E-state index is 0.0876. The molecule has 1 aliphatic heterocycles. The molecular formula is C27H27Cl2N9OS. The number of anilines is 5. The van der Waals surface area contributed by atoms with Gasteiger partial charge in [-0.05, 0) is 67.9 Å². The molecule has 1 amide bonds. The van der Waals surface area contributed by atoms with Crippen LogP contribution in [-0.2, 0) is 4.79 Å². The second kappa shape index (κ2) is 11.5. The van der Waals surface area contributed by atoms with E-state index in [1.165, 1.54) is 11.8 Å². The minimum Gasteiger partial charge on any atom is -0.367 e. The van der Waals surface area contributed by atoms with E-state index in [1.807, 2.05) is 49.4 Å². The number of amides is 1. The highest BCUT2D eigenvalue weighted by Gasteiger charge is 2.29. The van der Waals surface area contributed by atoms with Crippen molar-refractivity contribution in [2.75, 3.05) is 46.6 Å². The van der Waals surface area contributed by atoms with Gasteiger partial charge in [-0.25, -0.2) is 0 Å². The molecule has 0 spiro atoms. The van der Waals surface area contributed by atoms with Gasteiger partial charge in [-0.2, -0.15) is 20.1 Å². The van der Waals surface area contributed by atoms with E-state index in [2.05, 4.69) is 35.6 Å². The molecule has 0 radical (unpaired) electrons. The van der Waals surface area contributed by atoms with E-state index in [0.29, 0.717) is 46.0 Å². The van der Waals surface area contributed by atoms with Gasteiger partial charge >= 0.3 is 0 Å². The predicted molar refractivity (Wildman–Crippen MR) is 159 cm³/mol. The number of hydrogen-bond donors (Lipinski definition) is 3. The molecule has 2 aliphatic rings. The van der Waals surface area contributed by atoms with Crippen LogP contribution in [0.3, 0.4) is 0 Å². The molecule has 3 heterocycles. The van der Waals surface area contributed by atoms with Crippen molar-refractivity contribution in [3.05, 3.63) is 64.3 Å². The molecule has 40 heavy (non-hydrogen) atoms. The fraction of sp³-hybridized carbons (Fsp3) is 0.296. The lowest BCUT2D eigenvalue weighted by atomic mass is 10.2. The number of hydrogen-bond acceptors (Lipinski definition) is 9. The zero-order valence-corrected chi connectivity index (χ0v) is 24.0. The van der Waals surface area contributed by atoms with Crippen molar-refractivity contribution in [3.8, 4) is 0 Å². The molecule has 0 bridgehead atoms. The second-order valence-electron chi connectivity index (χ2n) is 9.74. The number of nitrogens with zero attached hydrogens (tertiary/aromatic N) is 6. The SMILES string of the molecule is Cc1cc(Nc2nc(Sc3ccc(NC(=O)C4CC4)cc3)nc(N3CCN(c4cccc(Cl)c4Cl)CC3)n2)n[nH]1. The third-order valence-electron chi connectivity index (χ3n) is 6.66. The molecule has 2 aromatic heterocycles. The minimum absolute atomic E-state index is 0.0876. The maximum Gasteiger partial charge on any atom is 0.234 e. The normalized spacial score (nSPS) is 15.3. The molecule has 3 N–H and O–H groups in total. The van der Waals surface area contributed by atoms with Crippen molar-refractivity contribution >= 4 is 70.0 Å². The van der Waals surface area contributed by atoms with Gasteiger partial charge in [0.05, 0.1) is 15.7 Å². The van der Waals surface area contributed by atoms with E-state index in [0.717, 1.165) is 47.9 Å². The molecule has 1 saturated heterocycles. The Bertz CT molecular complexity index is 1520. The molecule has 2 fully saturated rings. The van der Waals surface area contributed by atoms with Crippen molar-refractivity contribution in [1.82, 2.24) is 25.1 Å². The Morgan fingerprint density at radius 1 is 1.00 bits per heavy atom. The summed E-state index contributed by atoms with van der Waals surface area (Å²) in [5.41, 5.74) is 2.64.